The molecule has 3 rings (SSSR count). The lowest BCUT2D eigenvalue weighted by atomic mass is 10.1. The molecule has 7 nitrogen and oxygen atoms in total. The maximum Gasteiger partial charge on any atom is 0.221 e. The summed E-state index contributed by atoms with van der Waals surface area (Å²) in [6.07, 6.45) is 3.85. The van der Waals surface area contributed by atoms with Gasteiger partial charge in [0.05, 0.1) is 0 Å². The molecule has 3 aromatic rings. The predicted molar refractivity (Wildman–Crippen MR) is 101 cm³/mol. The van der Waals surface area contributed by atoms with E-state index in [2.05, 4.69) is 25.6 Å². The van der Waals surface area contributed by atoms with Gasteiger partial charge in [0.15, 0.2) is 5.82 Å². The van der Waals surface area contributed by atoms with Crippen LogP contribution in [0.2, 0.25) is 0 Å². The fraction of sp³-hybridized carbons (Fsp3) is 0.158. The molecule has 0 radical (unpaired) electrons. The van der Waals surface area contributed by atoms with Crippen LogP contribution in [0.4, 0.5) is 10.2 Å². The van der Waals surface area contributed by atoms with Crippen molar-refractivity contribution in [3.63, 3.8) is 0 Å². The number of amidine groups is 1. The Morgan fingerprint density at radius 2 is 1.89 bits per heavy atom. The largest absolute Gasteiger partial charge is 0.439 e. The van der Waals surface area contributed by atoms with Crippen LogP contribution in [0.5, 0.6) is 11.6 Å². The van der Waals surface area contributed by atoms with Crippen LogP contribution in [0.15, 0.2) is 54.9 Å². The van der Waals surface area contributed by atoms with Gasteiger partial charge in [-0.05, 0) is 30.2 Å². The van der Waals surface area contributed by atoms with Gasteiger partial charge in [-0.3, -0.25) is 5.41 Å². The van der Waals surface area contributed by atoms with E-state index < -0.39 is 5.95 Å². The molecule has 0 amide bonds. The van der Waals surface area contributed by atoms with E-state index >= 15 is 0 Å². The van der Waals surface area contributed by atoms with Crippen LogP contribution in [-0.4, -0.2) is 34.4 Å². The Morgan fingerprint density at radius 1 is 1.11 bits per heavy atom. The standard InChI is InChI=1S/C19H19FN6O/c1-22-19-17(23-11-12-25-19)18(21)24-10-9-13-5-7-14(8-6-13)27-16-4-2-3-15(20)26-16/h2-8,11-12H,9-10H2,1H3,(H2,21,24)(H,22,25). The average molecular weight is 366 g/mol. The van der Waals surface area contributed by atoms with Crippen molar-refractivity contribution in [3.05, 3.63) is 72.1 Å². The highest BCUT2D eigenvalue weighted by Gasteiger charge is 2.09. The summed E-state index contributed by atoms with van der Waals surface area (Å²) in [7, 11) is 1.74. The average Bonchev–Trinajstić information content (AvgIpc) is 2.69. The van der Waals surface area contributed by atoms with Crippen LogP contribution in [0.3, 0.4) is 0 Å². The summed E-state index contributed by atoms with van der Waals surface area (Å²) in [5.74, 6) is 0.979. The Bertz CT molecular complexity index is 916. The van der Waals surface area contributed by atoms with E-state index in [1.54, 1.807) is 43.7 Å². The van der Waals surface area contributed by atoms with Gasteiger partial charge in [0.25, 0.3) is 0 Å². The smallest absolute Gasteiger partial charge is 0.221 e. The maximum absolute atomic E-state index is 13.1. The molecule has 0 saturated carbocycles. The minimum atomic E-state index is -0.581. The van der Waals surface area contributed by atoms with Gasteiger partial charge in [0.2, 0.25) is 11.8 Å². The molecule has 0 fully saturated rings. The third kappa shape index (κ3) is 4.97. The van der Waals surface area contributed by atoms with Crippen molar-refractivity contribution in [3.8, 4) is 11.6 Å². The Hall–Kier alpha value is -3.55. The van der Waals surface area contributed by atoms with E-state index in [-0.39, 0.29) is 11.7 Å². The fourth-order valence-corrected chi connectivity index (χ4v) is 2.41. The first-order chi connectivity index (χ1) is 13.2. The molecule has 0 unspecified atom stereocenters. The summed E-state index contributed by atoms with van der Waals surface area (Å²) in [5, 5.41) is 14.1. The number of benzene rings is 1. The molecule has 8 heteroatoms. The number of hydrogen-bond acceptors (Lipinski definition) is 6. The predicted octanol–water partition coefficient (Wildman–Crippen LogP) is 3.00. The van der Waals surface area contributed by atoms with Crippen molar-refractivity contribution in [2.24, 2.45) is 0 Å². The summed E-state index contributed by atoms with van der Waals surface area (Å²) < 4.78 is 18.6. The SMILES string of the molecule is CNc1nccnc1C(=N)NCCc1ccc(Oc2cccc(F)n2)cc1. The van der Waals surface area contributed by atoms with Gasteiger partial charge in [-0.2, -0.15) is 9.37 Å². The second-order valence-corrected chi connectivity index (χ2v) is 5.60. The van der Waals surface area contributed by atoms with E-state index in [0.717, 1.165) is 12.0 Å². The Morgan fingerprint density at radius 3 is 2.63 bits per heavy atom. The van der Waals surface area contributed by atoms with Crippen LogP contribution in [0.1, 0.15) is 11.3 Å². The topological polar surface area (TPSA) is 95.8 Å². The zero-order chi connectivity index (χ0) is 19.1. The number of nitrogens with zero attached hydrogens (tertiary/aromatic N) is 3. The zero-order valence-electron chi connectivity index (χ0n) is 14.7. The van der Waals surface area contributed by atoms with E-state index in [1.165, 1.54) is 6.07 Å². The molecule has 0 aliphatic carbocycles. The molecule has 0 bridgehead atoms. The minimum Gasteiger partial charge on any atom is -0.439 e. The van der Waals surface area contributed by atoms with Gasteiger partial charge in [0, 0.05) is 32.1 Å². The van der Waals surface area contributed by atoms with Crippen LogP contribution in [-0.2, 0) is 6.42 Å². The van der Waals surface area contributed by atoms with Gasteiger partial charge < -0.3 is 15.4 Å². The first-order valence-corrected chi connectivity index (χ1v) is 8.36. The number of hydrogen-bond donors (Lipinski definition) is 3. The number of ether oxygens (including phenoxy) is 1. The molecule has 0 aliphatic rings. The highest BCUT2D eigenvalue weighted by molar-refractivity contribution is 5.98. The molecule has 2 aromatic heterocycles. The monoisotopic (exact) mass is 366 g/mol. The number of aromatic nitrogens is 3. The summed E-state index contributed by atoms with van der Waals surface area (Å²) >= 11 is 0. The third-order valence-electron chi connectivity index (χ3n) is 3.72. The molecule has 3 N–H and O–H groups in total. The molecular weight excluding hydrogens is 347 g/mol. The normalized spacial score (nSPS) is 10.3. The molecule has 0 spiro atoms. The molecule has 27 heavy (non-hydrogen) atoms. The lowest BCUT2D eigenvalue weighted by molar-refractivity contribution is 0.445. The first kappa shape index (κ1) is 18.2. The van der Waals surface area contributed by atoms with E-state index in [9.17, 15) is 4.39 Å². The quantitative estimate of drug-likeness (QED) is 0.338. The molecule has 0 atom stereocenters. The second kappa shape index (κ2) is 8.70. The third-order valence-corrected chi connectivity index (χ3v) is 3.72. The Labute approximate surface area is 156 Å². The molecule has 2 heterocycles. The molecule has 1 aromatic carbocycles. The number of nitrogens with one attached hydrogen (secondary N) is 3. The molecule has 0 saturated heterocycles. The van der Waals surface area contributed by atoms with E-state index in [1.807, 2.05) is 12.1 Å². The van der Waals surface area contributed by atoms with Gasteiger partial charge in [-0.25, -0.2) is 9.97 Å². The van der Waals surface area contributed by atoms with E-state index in [0.29, 0.717) is 23.8 Å². The molecular formula is C19H19FN6O. The lowest BCUT2D eigenvalue weighted by Crippen LogP contribution is -2.27. The summed E-state index contributed by atoms with van der Waals surface area (Å²) in [6, 6.07) is 11.8. The maximum atomic E-state index is 13.1. The van der Waals surface area contributed by atoms with Gasteiger partial charge >= 0.3 is 0 Å². The van der Waals surface area contributed by atoms with Crippen LogP contribution in [0.25, 0.3) is 0 Å². The first-order valence-electron chi connectivity index (χ1n) is 8.36. The van der Waals surface area contributed by atoms with Crippen molar-refractivity contribution in [1.29, 1.82) is 5.41 Å². The van der Waals surface area contributed by atoms with Crippen molar-refractivity contribution in [2.45, 2.75) is 6.42 Å². The van der Waals surface area contributed by atoms with Crippen molar-refractivity contribution in [2.75, 3.05) is 18.9 Å². The van der Waals surface area contributed by atoms with Gasteiger partial charge in [0.1, 0.15) is 17.3 Å². The highest BCUT2D eigenvalue weighted by Crippen LogP contribution is 2.20. The van der Waals surface area contributed by atoms with Crippen molar-refractivity contribution in [1.82, 2.24) is 20.3 Å². The lowest BCUT2D eigenvalue weighted by Gasteiger charge is -2.10. The molecule has 138 valence electrons. The van der Waals surface area contributed by atoms with Crippen molar-refractivity contribution < 1.29 is 9.13 Å². The number of rotatable bonds is 7. The second-order valence-electron chi connectivity index (χ2n) is 5.60. The summed E-state index contributed by atoms with van der Waals surface area (Å²) in [4.78, 5) is 12.0. The number of pyridine rings is 1. The van der Waals surface area contributed by atoms with Crippen LogP contribution >= 0.6 is 0 Å². The Balaban J connectivity index is 1.52. The number of anilines is 1. The zero-order valence-corrected chi connectivity index (χ0v) is 14.7. The van der Waals surface area contributed by atoms with Crippen LogP contribution < -0.4 is 15.4 Å². The number of halogens is 1. The summed E-state index contributed by atoms with van der Waals surface area (Å²) in [5.41, 5.74) is 1.55. The van der Waals surface area contributed by atoms with Crippen molar-refractivity contribution >= 4 is 11.7 Å². The highest BCUT2D eigenvalue weighted by atomic mass is 19.1. The van der Waals surface area contributed by atoms with E-state index in [4.69, 9.17) is 10.1 Å². The Kier molecular flexibility index (Phi) is 5.88. The summed E-state index contributed by atoms with van der Waals surface area (Å²) in [6.45, 7) is 0.574. The van der Waals surface area contributed by atoms with Crippen LogP contribution in [0, 0.1) is 11.4 Å². The van der Waals surface area contributed by atoms with Gasteiger partial charge in [-0.1, -0.05) is 18.2 Å². The molecule has 0 aliphatic heterocycles. The van der Waals surface area contributed by atoms with Gasteiger partial charge in [-0.15, -0.1) is 0 Å². The fourth-order valence-electron chi connectivity index (χ4n) is 2.41. The minimum absolute atomic E-state index is 0.210.